The zero-order valence-corrected chi connectivity index (χ0v) is 20.9. The number of methoxy groups -OCH3 is 1. The van der Waals surface area contributed by atoms with E-state index in [0.717, 1.165) is 24.3 Å². The minimum Gasteiger partial charge on any atom is -0.491 e. The number of carbonyl (C=O) groups excluding carboxylic acids is 1. The van der Waals surface area contributed by atoms with Gasteiger partial charge in [-0.1, -0.05) is 0 Å². The summed E-state index contributed by atoms with van der Waals surface area (Å²) >= 11 is 0. The quantitative estimate of drug-likeness (QED) is 0.413. The lowest BCUT2D eigenvalue weighted by atomic mass is 10.2. The standard InChI is InChI=1S/C25H31N7O5/c1-15-17(4-6-20(26)28-15)24(34)30-25-29-21-18(23-27-7-8-32(23)25)3-5-19(22(21)35-2)37-14-16(33)13-31-9-11-36-12-10-31/h3-6,16,27,33H,7-14H2,1-2H3,(H2,26,28)/t16-/m0/s1. The van der Waals surface area contributed by atoms with E-state index in [1.54, 1.807) is 25.1 Å². The molecule has 0 radical (unpaired) electrons. The Morgan fingerprint density at radius 3 is 2.81 bits per heavy atom. The Morgan fingerprint density at radius 1 is 1.24 bits per heavy atom. The van der Waals surface area contributed by atoms with Crippen molar-refractivity contribution in [3.8, 4) is 11.5 Å². The van der Waals surface area contributed by atoms with E-state index in [0.29, 0.717) is 66.9 Å². The Kier molecular flexibility index (Phi) is 7.22. The number of hydrogen-bond donors (Lipinski definition) is 3. The average Bonchev–Trinajstić information content (AvgIpc) is 3.38. The van der Waals surface area contributed by atoms with Crippen molar-refractivity contribution in [1.82, 2.24) is 19.4 Å². The molecule has 0 aliphatic carbocycles. The summed E-state index contributed by atoms with van der Waals surface area (Å²) in [5, 5.41) is 14.7. The van der Waals surface area contributed by atoms with Crippen molar-refractivity contribution < 1.29 is 24.1 Å². The van der Waals surface area contributed by atoms with Crippen LogP contribution in [0.3, 0.4) is 0 Å². The molecule has 37 heavy (non-hydrogen) atoms. The molecule has 0 bridgehead atoms. The van der Waals surface area contributed by atoms with Gasteiger partial charge in [0.1, 0.15) is 29.9 Å². The van der Waals surface area contributed by atoms with Crippen LogP contribution in [0.25, 0.3) is 10.9 Å². The molecule has 12 heteroatoms. The first-order valence-corrected chi connectivity index (χ1v) is 12.2. The van der Waals surface area contributed by atoms with Crippen LogP contribution in [0, 0.1) is 6.92 Å². The van der Waals surface area contributed by atoms with Crippen LogP contribution in [-0.2, 0) is 11.3 Å². The summed E-state index contributed by atoms with van der Waals surface area (Å²) in [6, 6.07) is 6.88. The SMILES string of the molecule is COc1c(OC[C@@H](O)CN2CCOCC2)ccc2c3n(c(=NC(=O)c4ccc(N)nc4C)nc12)CCN3. The first kappa shape index (κ1) is 24.9. The van der Waals surface area contributed by atoms with E-state index in [9.17, 15) is 9.90 Å². The fraction of sp³-hybridized carbons (Fsp3) is 0.440. The number of morpholine rings is 1. The van der Waals surface area contributed by atoms with Crippen LogP contribution < -0.4 is 26.1 Å². The number of β-amino-alcohol motifs (C(OH)–C–C–N with tert-alkyl or cyclic N) is 1. The van der Waals surface area contributed by atoms with Crippen molar-refractivity contribution in [2.45, 2.75) is 19.6 Å². The van der Waals surface area contributed by atoms with Gasteiger partial charge in [0.05, 0.1) is 31.6 Å². The maximum absolute atomic E-state index is 13.0. The van der Waals surface area contributed by atoms with Crippen LogP contribution in [0.5, 0.6) is 11.5 Å². The van der Waals surface area contributed by atoms with E-state index in [2.05, 4.69) is 20.2 Å². The molecule has 2 aliphatic heterocycles. The maximum atomic E-state index is 13.0. The summed E-state index contributed by atoms with van der Waals surface area (Å²) in [7, 11) is 1.53. The number of hydrogen-bond acceptors (Lipinski definition) is 10. The van der Waals surface area contributed by atoms with Crippen molar-refractivity contribution in [2.75, 3.05) is 64.2 Å². The van der Waals surface area contributed by atoms with Crippen molar-refractivity contribution in [1.29, 1.82) is 0 Å². The monoisotopic (exact) mass is 509 g/mol. The number of nitrogen functional groups attached to an aromatic ring is 1. The number of aliphatic hydroxyl groups is 1. The van der Waals surface area contributed by atoms with Crippen molar-refractivity contribution >= 4 is 28.4 Å². The molecule has 12 nitrogen and oxygen atoms in total. The summed E-state index contributed by atoms with van der Waals surface area (Å²) in [5.41, 5.74) is 7.33. The van der Waals surface area contributed by atoms with Crippen molar-refractivity contribution in [3.63, 3.8) is 0 Å². The number of pyridine rings is 1. The molecule has 3 aromatic rings. The van der Waals surface area contributed by atoms with Gasteiger partial charge in [-0.25, -0.2) is 9.97 Å². The number of aliphatic hydroxyl groups excluding tert-OH is 1. The maximum Gasteiger partial charge on any atom is 0.282 e. The van der Waals surface area contributed by atoms with Gasteiger partial charge >= 0.3 is 0 Å². The second-order valence-corrected chi connectivity index (χ2v) is 9.00. The summed E-state index contributed by atoms with van der Waals surface area (Å²) in [6.45, 7) is 6.49. The number of aromatic nitrogens is 3. The van der Waals surface area contributed by atoms with Crippen LogP contribution in [0.1, 0.15) is 16.1 Å². The van der Waals surface area contributed by atoms with Gasteiger partial charge in [0.2, 0.25) is 5.62 Å². The van der Waals surface area contributed by atoms with Gasteiger partial charge in [-0.05, 0) is 31.2 Å². The lowest BCUT2D eigenvalue weighted by Crippen LogP contribution is -2.42. The lowest BCUT2D eigenvalue weighted by molar-refractivity contribution is 0.00447. The summed E-state index contributed by atoms with van der Waals surface area (Å²) in [4.78, 5) is 28.4. The van der Waals surface area contributed by atoms with Gasteiger partial charge in [0, 0.05) is 38.1 Å². The number of ether oxygens (including phenoxy) is 3. The molecule has 1 aromatic carbocycles. The summed E-state index contributed by atoms with van der Waals surface area (Å²) in [5.74, 6) is 1.52. The van der Waals surface area contributed by atoms with Gasteiger partial charge in [-0.15, -0.1) is 0 Å². The molecule has 1 fully saturated rings. The Balaban J connectivity index is 1.47. The molecule has 0 saturated carbocycles. The molecule has 1 saturated heterocycles. The number of carbonyl (C=O) groups is 1. The van der Waals surface area contributed by atoms with Gasteiger partial charge in [0.15, 0.2) is 11.5 Å². The summed E-state index contributed by atoms with van der Waals surface area (Å²) in [6.07, 6.45) is -0.677. The van der Waals surface area contributed by atoms with Gasteiger partial charge < -0.3 is 30.4 Å². The van der Waals surface area contributed by atoms with Crippen LogP contribution in [0.2, 0.25) is 0 Å². The van der Waals surface area contributed by atoms with Gasteiger partial charge in [-0.3, -0.25) is 14.3 Å². The zero-order chi connectivity index (χ0) is 25.9. The highest BCUT2D eigenvalue weighted by Gasteiger charge is 2.22. The van der Waals surface area contributed by atoms with Crippen LogP contribution in [0.4, 0.5) is 11.6 Å². The topological polar surface area (TPSA) is 149 Å². The fourth-order valence-corrected chi connectivity index (χ4v) is 4.62. The average molecular weight is 510 g/mol. The lowest BCUT2D eigenvalue weighted by Gasteiger charge is -2.28. The molecule has 1 atom stereocenters. The number of anilines is 2. The van der Waals surface area contributed by atoms with E-state index < -0.39 is 12.0 Å². The Bertz CT molecular complexity index is 1380. The normalized spacial score (nSPS) is 16.9. The molecule has 2 aliphatic rings. The first-order valence-electron chi connectivity index (χ1n) is 12.2. The minimum absolute atomic E-state index is 0.0935. The van der Waals surface area contributed by atoms with E-state index in [1.165, 1.54) is 7.11 Å². The third-order valence-electron chi connectivity index (χ3n) is 6.45. The van der Waals surface area contributed by atoms with Crippen LogP contribution in [-0.4, -0.2) is 89.7 Å². The molecule has 2 aromatic heterocycles. The third kappa shape index (κ3) is 5.22. The molecular formula is C25H31N7O5. The molecule has 5 rings (SSSR count). The van der Waals surface area contributed by atoms with E-state index in [1.807, 2.05) is 10.6 Å². The highest BCUT2D eigenvalue weighted by Crippen LogP contribution is 2.37. The molecule has 0 spiro atoms. The van der Waals surface area contributed by atoms with Crippen LogP contribution in [0.15, 0.2) is 29.3 Å². The number of fused-ring (bicyclic) bond motifs is 3. The summed E-state index contributed by atoms with van der Waals surface area (Å²) < 4.78 is 18.9. The van der Waals surface area contributed by atoms with Crippen molar-refractivity contribution in [3.05, 3.63) is 41.1 Å². The number of nitrogens with two attached hydrogens (primary N) is 1. The smallest absolute Gasteiger partial charge is 0.282 e. The highest BCUT2D eigenvalue weighted by molar-refractivity contribution is 5.97. The minimum atomic E-state index is -0.677. The molecule has 0 unspecified atom stereocenters. The molecule has 1 amide bonds. The van der Waals surface area contributed by atoms with E-state index in [4.69, 9.17) is 24.9 Å². The molecule has 4 heterocycles. The molecule has 4 N–H and O–H groups in total. The second kappa shape index (κ2) is 10.7. The Morgan fingerprint density at radius 2 is 2.05 bits per heavy atom. The number of benzene rings is 1. The predicted octanol–water partition coefficient (Wildman–Crippen LogP) is 0.569. The number of rotatable bonds is 7. The molecular weight excluding hydrogens is 478 g/mol. The Hall–Kier alpha value is -3.74. The number of nitrogens with zero attached hydrogens (tertiary/aromatic N) is 5. The largest absolute Gasteiger partial charge is 0.491 e. The second-order valence-electron chi connectivity index (χ2n) is 9.00. The fourth-order valence-electron chi connectivity index (χ4n) is 4.62. The van der Waals surface area contributed by atoms with Crippen molar-refractivity contribution in [2.24, 2.45) is 4.99 Å². The van der Waals surface area contributed by atoms with E-state index >= 15 is 0 Å². The van der Waals surface area contributed by atoms with E-state index in [-0.39, 0.29) is 12.2 Å². The predicted molar refractivity (Wildman–Crippen MR) is 137 cm³/mol. The first-order chi connectivity index (χ1) is 17.9. The number of amides is 1. The zero-order valence-electron chi connectivity index (χ0n) is 20.9. The van der Waals surface area contributed by atoms with Gasteiger partial charge in [0.25, 0.3) is 5.91 Å². The highest BCUT2D eigenvalue weighted by atomic mass is 16.5. The molecule has 196 valence electrons. The number of nitrogens with one attached hydrogen (secondary N) is 1. The number of aryl methyl sites for hydroxylation is 1. The van der Waals surface area contributed by atoms with Crippen LogP contribution >= 0.6 is 0 Å². The third-order valence-corrected chi connectivity index (χ3v) is 6.45. The van der Waals surface area contributed by atoms with Gasteiger partial charge in [-0.2, -0.15) is 4.99 Å². The Labute approximate surface area is 213 Å².